The molecule has 0 amide bonds. The van der Waals surface area contributed by atoms with Crippen molar-refractivity contribution in [2.45, 2.75) is 112 Å². The van der Waals surface area contributed by atoms with Crippen LogP contribution < -0.4 is 0 Å². The molecule has 2 aromatic heterocycles. The third-order valence-electron chi connectivity index (χ3n) is 9.79. The molecule has 48 heavy (non-hydrogen) atoms. The standard InChI is InChI=1S/C30H30NS.C13H24O2.Ir/c1-6-19(7-2)23-13-10-14-24-25-15-16-31-27(29(25)32-28(23)24)21-17-20-11-8-9-12-22(20)26(18-21)30(3,4)5;1-5-10(6-2)12(14)9-13(15)11(7-3)8-4;/h8-16,18-19H,6-7H2,1-5H3;9-11,14H,5-8H2,1-4H3;/q-1;;/b;12-9-;. The van der Waals surface area contributed by atoms with Gasteiger partial charge in [-0.3, -0.25) is 9.78 Å². The molecule has 3 aromatic carbocycles. The average Bonchev–Trinajstić information content (AvgIpc) is 3.45. The van der Waals surface area contributed by atoms with Crippen LogP contribution in [-0.4, -0.2) is 15.9 Å². The van der Waals surface area contributed by atoms with E-state index in [-0.39, 0.29) is 48.9 Å². The fourth-order valence-electron chi connectivity index (χ4n) is 6.75. The summed E-state index contributed by atoms with van der Waals surface area (Å²) in [6.07, 6.45) is 9.21. The summed E-state index contributed by atoms with van der Waals surface area (Å²) in [5.41, 5.74) is 5.02. The zero-order valence-electron chi connectivity index (χ0n) is 30.4. The molecule has 1 N–H and O–H groups in total. The molecule has 0 aliphatic carbocycles. The second-order valence-electron chi connectivity index (χ2n) is 13.8. The number of aliphatic hydroxyl groups excluding tert-OH is 1. The number of aromatic nitrogens is 1. The number of thiophene rings is 1. The number of nitrogens with zero attached hydrogens (tertiary/aromatic N) is 1. The van der Waals surface area contributed by atoms with Crippen molar-refractivity contribution in [3.05, 3.63) is 89.8 Å². The fourth-order valence-corrected chi connectivity index (χ4v) is 8.14. The van der Waals surface area contributed by atoms with Crippen LogP contribution in [0.2, 0.25) is 0 Å². The molecule has 0 unspecified atom stereocenters. The molecule has 0 fully saturated rings. The monoisotopic (exact) mass is 841 g/mol. The average molecular weight is 841 g/mol. The van der Waals surface area contributed by atoms with E-state index in [0.717, 1.165) is 42.3 Å². The van der Waals surface area contributed by atoms with E-state index in [9.17, 15) is 9.90 Å². The van der Waals surface area contributed by atoms with Crippen LogP contribution in [0.3, 0.4) is 0 Å². The normalized spacial score (nSPS) is 12.2. The molecule has 0 aliphatic heterocycles. The summed E-state index contributed by atoms with van der Waals surface area (Å²) in [5.74, 6) is 1.15. The maximum atomic E-state index is 11.7. The van der Waals surface area contributed by atoms with Crippen LogP contribution in [0.5, 0.6) is 0 Å². The Kier molecular flexibility index (Phi) is 14.6. The van der Waals surface area contributed by atoms with Crippen LogP contribution in [-0.2, 0) is 30.3 Å². The zero-order chi connectivity index (χ0) is 34.3. The first-order chi connectivity index (χ1) is 22.5. The minimum Gasteiger partial charge on any atom is -0.512 e. The molecular formula is C43H54IrNO2S-. The Balaban J connectivity index is 0.000000334. The fraction of sp³-hybridized carbons (Fsp3) is 0.442. The second kappa shape index (κ2) is 17.7. The summed E-state index contributed by atoms with van der Waals surface area (Å²) in [6, 6.07) is 23.6. The molecule has 0 aliphatic rings. The predicted octanol–water partition coefficient (Wildman–Crippen LogP) is 13.1. The first kappa shape index (κ1) is 39.6. The predicted molar refractivity (Wildman–Crippen MR) is 205 cm³/mol. The smallest absolute Gasteiger partial charge is 0.162 e. The van der Waals surface area contributed by atoms with E-state index in [1.165, 1.54) is 55.6 Å². The number of hydrogen-bond acceptors (Lipinski definition) is 4. The van der Waals surface area contributed by atoms with Gasteiger partial charge in [0.25, 0.3) is 0 Å². The molecule has 3 nitrogen and oxygen atoms in total. The first-order valence-electron chi connectivity index (χ1n) is 17.7. The van der Waals surface area contributed by atoms with E-state index >= 15 is 0 Å². The quantitative estimate of drug-likeness (QED) is 0.0819. The topological polar surface area (TPSA) is 50.2 Å². The van der Waals surface area contributed by atoms with Crippen LogP contribution in [0.15, 0.2) is 72.6 Å². The van der Waals surface area contributed by atoms with Gasteiger partial charge < -0.3 is 5.11 Å². The van der Waals surface area contributed by atoms with E-state index in [2.05, 4.69) is 95.3 Å². The zero-order valence-corrected chi connectivity index (χ0v) is 33.6. The number of hydrogen-bond donors (Lipinski definition) is 1. The van der Waals surface area contributed by atoms with E-state index in [4.69, 9.17) is 4.98 Å². The summed E-state index contributed by atoms with van der Waals surface area (Å²) in [5, 5.41) is 14.9. The maximum absolute atomic E-state index is 11.7. The number of pyridine rings is 1. The maximum Gasteiger partial charge on any atom is 0.162 e. The third kappa shape index (κ3) is 8.65. The van der Waals surface area contributed by atoms with Crippen LogP contribution in [0.4, 0.5) is 0 Å². The number of fused-ring (bicyclic) bond motifs is 4. The molecule has 0 spiro atoms. The number of allylic oxidation sites excluding steroid dienone is 2. The van der Waals surface area contributed by atoms with E-state index in [1.54, 1.807) is 0 Å². The van der Waals surface area contributed by atoms with Gasteiger partial charge in [-0.25, -0.2) is 0 Å². The summed E-state index contributed by atoms with van der Waals surface area (Å²) < 4.78 is 2.69. The third-order valence-corrected chi connectivity index (χ3v) is 11.1. The Hall–Kier alpha value is -2.85. The van der Waals surface area contributed by atoms with Gasteiger partial charge in [-0.15, -0.1) is 40.5 Å². The van der Waals surface area contributed by atoms with E-state index in [0.29, 0.717) is 5.92 Å². The van der Waals surface area contributed by atoms with Crippen molar-refractivity contribution < 1.29 is 30.0 Å². The van der Waals surface area contributed by atoms with Gasteiger partial charge in [0.1, 0.15) is 0 Å². The van der Waals surface area contributed by atoms with Gasteiger partial charge in [0, 0.05) is 64.7 Å². The molecule has 1 radical (unpaired) electrons. The number of rotatable bonds is 11. The van der Waals surface area contributed by atoms with Crippen molar-refractivity contribution in [2.24, 2.45) is 11.8 Å². The van der Waals surface area contributed by atoms with Crippen molar-refractivity contribution in [2.75, 3.05) is 0 Å². The SMILES string of the molecule is CCC(CC)C(=O)/C=C(\O)C(CC)CC.CCC(CC)c1cccc2c1sc1c(-c3[c-]c4ccccc4c(C(C)(C)C)c3)nccc12.[Ir]. The first-order valence-corrected chi connectivity index (χ1v) is 18.5. The Bertz CT molecular complexity index is 1840. The number of aliphatic hydroxyl groups is 1. The molecule has 5 rings (SSSR count). The minimum atomic E-state index is 0. The molecule has 0 atom stereocenters. The Labute approximate surface area is 306 Å². The Morgan fingerprint density at radius 1 is 0.812 bits per heavy atom. The van der Waals surface area contributed by atoms with Gasteiger partial charge in [0.2, 0.25) is 0 Å². The van der Waals surface area contributed by atoms with Gasteiger partial charge >= 0.3 is 0 Å². The van der Waals surface area contributed by atoms with Crippen molar-refractivity contribution in [1.82, 2.24) is 4.98 Å². The molecular weight excluding hydrogens is 787 g/mol. The summed E-state index contributed by atoms with van der Waals surface area (Å²) in [7, 11) is 0. The van der Waals surface area contributed by atoms with Gasteiger partial charge in [0.05, 0.1) is 5.76 Å². The molecule has 0 saturated heterocycles. The molecule has 259 valence electrons. The summed E-state index contributed by atoms with van der Waals surface area (Å²) >= 11 is 1.91. The second-order valence-corrected chi connectivity index (χ2v) is 14.8. The van der Waals surface area contributed by atoms with Crippen LogP contribution in [0.1, 0.15) is 118 Å². The largest absolute Gasteiger partial charge is 0.512 e. The minimum absolute atomic E-state index is 0. The van der Waals surface area contributed by atoms with Crippen molar-refractivity contribution in [1.29, 1.82) is 0 Å². The molecule has 5 heteroatoms. The summed E-state index contributed by atoms with van der Waals surface area (Å²) in [6.45, 7) is 19.5. The van der Waals surface area contributed by atoms with Gasteiger partial charge in [0.15, 0.2) is 5.78 Å². The van der Waals surface area contributed by atoms with Crippen molar-refractivity contribution in [3.63, 3.8) is 0 Å². The van der Waals surface area contributed by atoms with Crippen LogP contribution in [0, 0.1) is 17.9 Å². The Morgan fingerprint density at radius 3 is 2.02 bits per heavy atom. The van der Waals surface area contributed by atoms with E-state index in [1.807, 2.05) is 45.2 Å². The van der Waals surface area contributed by atoms with Gasteiger partial charge in [-0.2, -0.15) is 0 Å². The molecule has 5 aromatic rings. The molecule has 2 heterocycles. The number of benzene rings is 3. The van der Waals surface area contributed by atoms with E-state index < -0.39 is 0 Å². The van der Waals surface area contributed by atoms with Crippen molar-refractivity contribution >= 4 is 48.1 Å². The number of carbonyl (C=O) groups excluding carboxylic acids is 1. The Morgan fingerprint density at radius 2 is 1.42 bits per heavy atom. The van der Waals surface area contributed by atoms with Crippen molar-refractivity contribution in [3.8, 4) is 11.3 Å². The molecule has 0 bridgehead atoms. The van der Waals surface area contributed by atoms with Gasteiger partial charge in [-0.1, -0.05) is 110 Å². The van der Waals surface area contributed by atoms with Crippen LogP contribution >= 0.6 is 11.3 Å². The molecule has 0 saturated carbocycles. The number of carbonyl (C=O) groups is 1. The summed E-state index contributed by atoms with van der Waals surface area (Å²) in [4.78, 5) is 16.6. The van der Waals surface area contributed by atoms with Gasteiger partial charge in [-0.05, 0) is 66.9 Å². The number of ketones is 1. The van der Waals surface area contributed by atoms with Crippen LogP contribution in [0.25, 0.3) is 42.2 Å².